The molecule has 0 spiro atoms. The Hall–Kier alpha value is -1.67. The number of aromatic nitrogens is 1. The number of aliphatic hydroxyl groups is 1. The molecule has 1 aliphatic heterocycles. The molecule has 3 rings (SSSR count). The molecule has 0 unspecified atom stereocenters. The standard InChI is InChI=1S/C17H18N2OS/c20-15-8-10-19(11-9-15)13-16-12-18-17(21-16)7-6-14-4-2-1-3-5-14/h1-5,12,15,20H,8-11,13H2. The quantitative estimate of drug-likeness (QED) is 0.866. The van der Waals surface area contributed by atoms with Gasteiger partial charge in [0.25, 0.3) is 0 Å². The lowest BCUT2D eigenvalue weighted by molar-refractivity contribution is 0.0797. The molecule has 0 atom stereocenters. The first-order chi connectivity index (χ1) is 10.3. The molecule has 4 heteroatoms. The van der Waals surface area contributed by atoms with Gasteiger partial charge in [-0.3, -0.25) is 4.90 Å². The van der Waals surface area contributed by atoms with Crippen LogP contribution in [0.1, 0.15) is 28.3 Å². The maximum Gasteiger partial charge on any atom is 0.167 e. The number of benzene rings is 1. The van der Waals surface area contributed by atoms with Crippen molar-refractivity contribution in [1.82, 2.24) is 9.88 Å². The number of rotatable bonds is 2. The third-order valence-corrected chi connectivity index (χ3v) is 4.48. The second kappa shape index (κ2) is 6.86. The second-order valence-electron chi connectivity index (χ2n) is 5.26. The van der Waals surface area contributed by atoms with E-state index in [2.05, 4.69) is 21.7 Å². The Morgan fingerprint density at radius 1 is 1.19 bits per heavy atom. The van der Waals surface area contributed by atoms with Crippen LogP contribution in [0.15, 0.2) is 36.5 Å². The molecule has 1 saturated heterocycles. The zero-order valence-corrected chi connectivity index (χ0v) is 12.6. The van der Waals surface area contributed by atoms with Crippen molar-refractivity contribution in [2.45, 2.75) is 25.5 Å². The van der Waals surface area contributed by atoms with Gasteiger partial charge in [0.15, 0.2) is 5.01 Å². The monoisotopic (exact) mass is 298 g/mol. The third kappa shape index (κ3) is 4.15. The van der Waals surface area contributed by atoms with E-state index in [1.54, 1.807) is 11.3 Å². The molecule has 1 N–H and O–H groups in total. The van der Waals surface area contributed by atoms with Gasteiger partial charge >= 0.3 is 0 Å². The van der Waals surface area contributed by atoms with Gasteiger partial charge < -0.3 is 5.11 Å². The van der Waals surface area contributed by atoms with Gasteiger partial charge in [0.2, 0.25) is 0 Å². The predicted octanol–water partition coefficient (Wildman–Crippen LogP) is 2.50. The first-order valence-electron chi connectivity index (χ1n) is 7.22. The van der Waals surface area contributed by atoms with Crippen LogP contribution in [0.5, 0.6) is 0 Å². The average molecular weight is 298 g/mol. The van der Waals surface area contributed by atoms with E-state index in [4.69, 9.17) is 0 Å². The SMILES string of the molecule is OC1CCN(Cc2cnc(C#Cc3ccccc3)s2)CC1. The Bertz CT molecular complexity index is 634. The van der Waals surface area contributed by atoms with Gasteiger partial charge in [-0.2, -0.15) is 0 Å². The lowest BCUT2D eigenvalue weighted by Crippen LogP contribution is -2.35. The molecular formula is C17H18N2OS. The third-order valence-electron chi connectivity index (χ3n) is 3.58. The van der Waals surface area contributed by atoms with E-state index in [9.17, 15) is 5.11 Å². The van der Waals surface area contributed by atoms with Crippen molar-refractivity contribution in [3.63, 3.8) is 0 Å². The highest BCUT2D eigenvalue weighted by Crippen LogP contribution is 2.18. The maximum absolute atomic E-state index is 9.52. The van der Waals surface area contributed by atoms with Gasteiger partial charge in [-0.05, 0) is 30.9 Å². The molecule has 0 radical (unpaired) electrons. The zero-order chi connectivity index (χ0) is 14.5. The van der Waals surface area contributed by atoms with Crippen LogP contribution in [0.25, 0.3) is 0 Å². The summed E-state index contributed by atoms with van der Waals surface area (Å²) < 4.78 is 0. The number of hydrogen-bond acceptors (Lipinski definition) is 4. The first kappa shape index (κ1) is 14.3. The van der Waals surface area contributed by atoms with Crippen LogP contribution in [0.3, 0.4) is 0 Å². The Balaban J connectivity index is 1.60. The summed E-state index contributed by atoms with van der Waals surface area (Å²) in [5, 5.41) is 10.4. The van der Waals surface area contributed by atoms with Gasteiger partial charge in [0, 0.05) is 36.3 Å². The van der Waals surface area contributed by atoms with Crippen LogP contribution in [-0.2, 0) is 6.54 Å². The highest BCUT2D eigenvalue weighted by molar-refractivity contribution is 7.12. The summed E-state index contributed by atoms with van der Waals surface area (Å²) >= 11 is 1.66. The summed E-state index contributed by atoms with van der Waals surface area (Å²) in [6.45, 7) is 2.84. The Kier molecular flexibility index (Phi) is 4.66. The molecule has 21 heavy (non-hydrogen) atoms. The summed E-state index contributed by atoms with van der Waals surface area (Å²) in [5.41, 5.74) is 1.01. The van der Waals surface area contributed by atoms with Crippen molar-refractivity contribution in [3.8, 4) is 11.8 Å². The van der Waals surface area contributed by atoms with E-state index in [1.165, 1.54) is 4.88 Å². The molecule has 108 valence electrons. The number of hydrogen-bond donors (Lipinski definition) is 1. The summed E-state index contributed by atoms with van der Waals surface area (Å²) in [7, 11) is 0. The van der Waals surface area contributed by atoms with E-state index >= 15 is 0 Å². The summed E-state index contributed by atoms with van der Waals surface area (Å²) in [4.78, 5) is 7.99. The van der Waals surface area contributed by atoms with Gasteiger partial charge in [-0.1, -0.05) is 24.1 Å². The molecular weight excluding hydrogens is 280 g/mol. The summed E-state index contributed by atoms with van der Waals surface area (Å²) in [6, 6.07) is 9.97. The minimum Gasteiger partial charge on any atom is -0.393 e. The second-order valence-corrected chi connectivity index (χ2v) is 6.37. The number of aliphatic hydroxyl groups excluding tert-OH is 1. The van der Waals surface area contributed by atoms with Crippen LogP contribution in [0.2, 0.25) is 0 Å². The Morgan fingerprint density at radius 2 is 1.95 bits per heavy atom. The summed E-state index contributed by atoms with van der Waals surface area (Å²) in [6.07, 6.45) is 3.55. The molecule has 3 nitrogen and oxygen atoms in total. The van der Waals surface area contributed by atoms with E-state index in [0.29, 0.717) is 0 Å². The fourth-order valence-corrected chi connectivity index (χ4v) is 3.19. The van der Waals surface area contributed by atoms with E-state index in [1.807, 2.05) is 36.5 Å². The lowest BCUT2D eigenvalue weighted by atomic mass is 10.1. The highest BCUT2D eigenvalue weighted by atomic mass is 32.1. The van der Waals surface area contributed by atoms with Crippen molar-refractivity contribution in [2.24, 2.45) is 0 Å². The maximum atomic E-state index is 9.52. The van der Waals surface area contributed by atoms with Crippen molar-refractivity contribution >= 4 is 11.3 Å². The topological polar surface area (TPSA) is 36.4 Å². The zero-order valence-electron chi connectivity index (χ0n) is 11.8. The van der Waals surface area contributed by atoms with Gasteiger partial charge in [-0.25, -0.2) is 4.98 Å². The number of piperidine rings is 1. The van der Waals surface area contributed by atoms with Gasteiger partial charge in [-0.15, -0.1) is 11.3 Å². The molecule has 1 aromatic heterocycles. The van der Waals surface area contributed by atoms with Crippen molar-refractivity contribution in [1.29, 1.82) is 0 Å². The van der Waals surface area contributed by atoms with Crippen molar-refractivity contribution < 1.29 is 5.11 Å². The molecule has 0 bridgehead atoms. The minimum absolute atomic E-state index is 0.116. The van der Waals surface area contributed by atoms with Gasteiger partial charge in [0.1, 0.15) is 0 Å². The molecule has 1 aromatic carbocycles. The normalized spacial score (nSPS) is 16.4. The first-order valence-corrected chi connectivity index (χ1v) is 8.03. The molecule has 2 aromatic rings. The van der Waals surface area contributed by atoms with Crippen molar-refractivity contribution in [3.05, 3.63) is 52.0 Å². The van der Waals surface area contributed by atoms with E-state index < -0.39 is 0 Å². The van der Waals surface area contributed by atoms with Crippen LogP contribution in [0, 0.1) is 11.8 Å². The van der Waals surface area contributed by atoms with Gasteiger partial charge in [0.05, 0.1) is 6.10 Å². The fraction of sp³-hybridized carbons (Fsp3) is 0.353. The molecule has 0 saturated carbocycles. The van der Waals surface area contributed by atoms with Crippen LogP contribution < -0.4 is 0 Å². The molecule has 0 aliphatic carbocycles. The number of nitrogens with zero attached hydrogens (tertiary/aromatic N) is 2. The molecule has 1 fully saturated rings. The number of likely N-dealkylation sites (tertiary alicyclic amines) is 1. The number of thiazole rings is 1. The molecule has 2 heterocycles. The smallest absolute Gasteiger partial charge is 0.167 e. The van der Waals surface area contributed by atoms with Crippen LogP contribution >= 0.6 is 11.3 Å². The lowest BCUT2D eigenvalue weighted by Gasteiger charge is -2.28. The van der Waals surface area contributed by atoms with Crippen molar-refractivity contribution in [2.75, 3.05) is 13.1 Å². The average Bonchev–Trinajstić information content (AvgIpc) is 2.96. The largest absolute Gasteiger partial charge is 0.393 e. The fourth-order valence-electron chi connectivity index (χ4n) is 2.38. The van der Waals surface area contributed by atoms with E-state index in [0.717, 1.165) is 43.0 Å². The summed E-state index contributed by atoms with van der Waals surface area (Å²) in [5.74, 6) is 6.26. The van der Waals surface area contributed by atoms with Crippen LogP contribution in [0.4, 0.5) is 0 Å². The molecule has 1 aliphatic rings. The predicted molar refractivity (Wildman–Crippen MR) is 85.1 cm³/mol. The van der Waals surface area contributed by atoms with E-state index in [-0.39, 0.29) is 6.10 Å². The van der Waals surface area contributed by atoms with Crippen LogP contribution in [-0.4, -0.2) is 34.2 Å². The highest BCUT2D eigenvalue weighted by Gasteiger charge is 2.17. The Labute approximate surface area is 129 Å². The Morgan fingerprint density at radius 3 is 2.71 bits per heavy atom. The minimum atomic E-state index is -0.116. The molecule has 0 amide bonds.